The Morgan fingerprint density at radius 1 is 0.958 bits per heavy atom. The fraction of sp³-hybridized carbons (Fsp3) is 0.722. The molecule has 2 saturated heterocycles. The summed E-state index contributed by atoms with van der Waals surface area (Å²) in [5.41, 5.74) is 2.20. The van der Waals surface area contributed by atoms with Crippen molar-refractivity contribution in [1.29, 1.82) is 0 Å². The van der Waals surface area contributed by atoms with Gasteiger partial charge in [-0.1, -0.05) is 0 Å². The van der Waals surface area contributed by atoms with Crippen LogP contribution in [0.3, 0.4) is 0 Å². The Bertz CT molecular complexity index is 650. The zero-order valence-electron chi connectivity index (χ0n) is 14.6. The second-order valence-corrected chi connectivity index (χ2v) is 7.64. The van der Waals surface area contributed by atoms with Crippen molar-refractivity contribution >= 4 is 11.8 Å². The van der Waals surface area contributed by atoms with Crippen LogP contribution in [-0.4, -0.2) is 57.6 Å². The van der Waals surface area contributed by atoms with E-state index in [0.29, 0.717) is 11.9 Å². The Morgan fingerprint density at radius 2 is 1.54 bits per heavy atom. The van der Waals surface area contributed by atoms with Crippen molar-refractivity contribution in [2.75, 3.05) is 26.2 Å². The summed E-state index contributed by atoms with van der Waals surface area (Å²) in [4.78, 5) is 28.7. The molecule has 2 amide bonds. The fourth-order valence-corrected chi connectivity index (χ4v) is 4.00. The highest BCUT2D eigenvalue weighted by atomic mass is 16.2. The second-order valence-electron chi connectivity index (χ2n) is 7.64. The molecule has 1 aromatic rings. The summed E-state index contributed by atoms with van der Waals surface area (Å²) in [6.07, 6.45) is 3.75. The van der Waals surface area contributed by atoms with Gasteiger partial charge in [0.2, 0.25) is 11.8 Å². The molecule has 1 aromatic heterocycles. The number of carbonyl (C=O) groups is 2. The maximum atomic E-state index is 12.7. The number of aryl methyl sites for hydroxylation is 2. The first kappa shape index (κ1) is 15.7. The molecule has 3 heterocycles. The Labute approximate surface area is 142 Å². The van der Waals surface area contributed by atoms with Gasteiger partial charge >= 0.3 is 0 Å². The van der Waals surface area contributed by atoms with Crippen LogP contribution in [0.15, 0.2) is 6.07 Å². The fourth-order valence-electron chi connectivity index (χ4n) is 4.00. The van der Waals surface area contributed by atoms with E-state index in [1.807, 2.05) is 16.7 Å². The lowest BCUT2D eigenvalue weighted by atomic mass is 9.93. The summed E-state index contributed by atoms with van der Waals surface area (Å²) < 4.78 is 2.05. The van der Waals surface area contributed by atoms with E-state index < -0.39 is 0 Å². The van der Waals surface area contributed by atoms with Gasteiger partial charge in [0.15, 0.2) is 0 Å². The van der Waals surface area contributed by atoms with Crippen LogP contribution in [-0.2, 0) is 9.59 Å². The van der Waals surface area contributed by atoms with Crippen LogP contribution in [0.5, 0.6) is 0 Å². The minimum atomic E-state index is 0.0923. The quantitative estimate of drug-likeness (QED) is 0.844. The molecule has 0 N–H and O–H groups in total. The summed E-state index contributed by atoms with van der Waals surface area (Å²) >= 11 is 0. The standard InChI is InChI=1S/C18H26N4O2/c1-12-9-13(2)22(19-12)16-10-21(11-16)18(24)15-5-7-20(8-6-15)17(23)14-3-4-14/h9,14-16H,3-8,10-11H2,1-2H3. The van der Waals surface area contributed by atoms with Gasteiger partial charge in [-0.3, -0.25) is 14.3 Å². The predicted molar refractivity (Wildman–Crippen MR) is 89.3 cm³/mol. The highest BCUT2D eigenvalue weighted by Gasteiger charge is 2.39. The molecule has 6 heteroatoms. The van der Waals surface area contributed by atoms with E-state index in [4.69, 9.17) is 0 Å². The Morgan fingerprint density at radius 3 is 2.08 bits per heavy atom. The normalized spacial score (nSPS) is 22.6. The SMILES string of the molecule is Cc1cc(C)n(C2CN(C(=O)C3CCN(C(=O)C4CC4)CC3)C2)n1. The van der Waals surface area contributed by atoms with Crippen LogP contribution >= 0.6 is 0 Å². The number of aromatic nitrogens is 2. The third-order valence-electron chi connectivity index (χ3n) is 5.65. The lowest BCUT2D eigenvalue weighted by Crippen LogP contribution is -2.54. The predicted octanol–water partition coefficient (Wildman–Crippen LogP) is 1.53. The van der Waals surface area contributed by atoms with E-state index in [9.17, 15) is 9.59 Å². The summed E-state index contributed by atoms with van der Waals surface area (Å²) in [6, 6.07) is 2.40. The number of carbonyl (C=O) groups excluding carboxylic acids is 2. The molecular weight excluding hydrogens is 304 g/mol. The van der Waals surface area contributed by atoms with E-state index in [1.54, 1.807) is 0 Å². The number of hydrogen-bond acceptors (Lipinski definition) is 3. The summed E-state index contributed by atoms with van der Waals surface area (Å²) in [5.74, 6) is 0.963. The third-order valence-corrected chi connectivity index (χ3v) is 5.65. The van der Waals surface area contributed by atoms with E-state index in [1.165, 1.54) is 0 Å². The maximum absolute atomic E-state index is 12.7. The highest BCUT2D eigenvalue weighted by Crippen LogP contribution is 2.33. The number of piperidine rings is 1. The van der Waals surface area contributed by atoms with Crippen molar-refractivity contribution in [2.24, 2.45) is 11.8 Å². The van der Waals surface area contributed by atoms with Gasteiger partial charge in [0, 0.05) is 43.7 Å². The maximum Gasteiger partial charge on any atom is 0.225 e. The van der Waals surface area contributed by atoms with E-state index in [2.05, 4.69) is 22.8 Å². The summed E-state index contributed by atoms with van der Waals surface area (Å²) in [6.45, 7) is 7.10. The zero-order valence-corrected chi connectivity index (χ0v) is 14.6. The first-order valence-electron chi connectivity index (χ1n) is 9.13. The lowest BCUT2D eigenvalue weighted by molar-refractivity contribution is -0.145. The smallest absolute Gasteiger partial charge is 0.225 e. The van der Waals surface area contributed by atoms with E-state index in [0.717, 1.165) is 63.3 Å². The molecule has 3 aliphatic rings. The molecule has 0 bridgehead atoms. The molecule has 2 aliphatic heterocycles. The third kappa shape index (κ3) is 2.82. The molecule has 0 spiro atoms. The molecule has 130 valence electrons. The van der Waals surface area contributed by atoms with Crippen LogP contribution in [0, 0.1) is 25.7 Å². The van der Waals surface area contributed by atoms with Crippen molar-refractivity contribution in [2.45, 2.75) is 45.6 Å². The number of nitrogens with zero attached hydrogens (tertiary/aromatic N) is 4. The van der Waals surface area contributed by atoms with Crippen LogP contribution in [0.25, 0.3) is 0 Å². The van der Waals surface area contributed by atoms with Gasteiger partial charge in [-0.25, -0.2) is 0 Å². The summed E-state index contributed by atoms with van der Waals surface area (Å²) in [7, 11) is 0. The average molecular weight is 330 g/mol. The Balaban J connectivity index is 1.27. The molecule has 0 radical (unpaired) electrons. The molecule has 4 rings (SSSR count). The monoisotopic (exact) mass is 330 g/mol. The second kappa shape index (κ2) is 5.90. The average Bonchev–Trinajstić information content (AvgIpc) is 3.31. The number of hydrogen-bond donors (Lipinski definition) is 0. The first-order valence-corrected chi connectivity index (χ1v) is 9.13. The number of likely N-dealkylation sites (tertiary alicyclic amines) is 2. The summed E-state index contributed by atoms with van der Waals surface area (Å²) in [5, 5.41) is 4.52. The van der Waals surface area contributed by atoms with Gasteiger partial charge in [0.1, 0.15) is 0 Å². The Kier molecular flexibility index (Phi) is 3.85. The molecule has 6 nitrogen and oxygen atoms in total. The minimum absolute atomic E-state index is 0.0923. The molecule has 1 aliphatic carbocycles. The van der Waals surface area contributed by atoms with Crippen molar-refractivity contribution in [1.82, 2.24) is 19.6 Å². The van der Waals surface area contributed by atoms with Gasteiger partial charge in [0.05, 0.1) is 11.7 Å². The van der Waals surface area contributed by atoms with Crippen molar-refractivity contribution in [3.05, 3.63) is 17.5 Å². The number of rotatable bonds is 3. The number of amides is 2. The van der Waals surface area contributed by atoms with Crippen LogP contribution in [0.2, 0.25) is 0 Å². The topological polar surface area (TPSA) is 58.4 Å². The first-order chi connectivity index (χ1) is 11.5. The van der Waals surface area contributed by atoms with E-state index in [-0.39, 0.29) is 17.7 Å². The lowest BCUT2D eigenvalue weighted by Gasteiger charge is -2.42. The zero-order chi connectivity index (χ0) is 16.8. The van der Waals surface area contributed by atoms with Crippen molar-refractivity contribution in [3.8, 4) is 0 Å². The molecule has 3 fully saturated rings. The van der Waals surface area contributed by atoms with Gasteiger partial charge < -0.3 is 9.80 Å². The molecule has 0 aromatic carbocycles. The van der Waals surface area contributed by atoms with Crippen molar-refractivity contribution < 1.29 is 9.59 Å². The van der Waals surface area contributed by atoms with Gasteiger partial charge in [-0.2, -0.15) is 5.10 Å². The molecule has 24 heavy (non-hydrogen) atoms. The largest absolute Gasteiger partial charge is 0.342 e. The molecule has 0 atom stereocenters. The van der Waals surface area contributed by atoms with Crippen LogP contribution < -0.4 is 0 Å². The van der Waals surface area contributed by atoms with Crippen molar-refractivity contribution in [3.63, 3.8) is 0 Å². The van der Waals surface area contributed by atoms with Gasteiger partial charge in [-0.05, 0) is 45.6 Å². The Hall–Kier alpha value is -1.85. The molecular formula is C18H26N4O2. The molecule has 1 saturated carbocycles. The van der Waals surface area contributed by atoms with Crippen LogP contribution in [0.1, 0.15) is 43.1 Å². The molecule has 0 unspecified atom stereocenters. The van der Waals surface area contributed by atoms with Gasteiger partial charge in [-0.15, -0.1) is 0 Å². The minimum Gasteiger partial charge on any atom is -0.342 e. The van der Waals surface area contributed by atoms with E-state index >= 15 is 0 Å². The van der Waals surface area contributed by atoms with Gasteiger partial charge in [0.25, 0.3) is 0 Å². The van der Waals surface area contributed by atoms with Crippen LogP contribution in [0.4, 0.5) is 0 Å². The highest BCUT2D eigenvalue weighted by molar-refractivity contribution is 5.82.